The standard InChI is InChI=1S/C12H17N3O2S3/c1-7-8(2)19-12-10(7)11(13)14-9(15-12)6-18-4-5-20(3,16)17/h4-6H2,1-3H3,(H2,13,14,15). The predicted octanol–water partition coefficient (Wildman–Crippen LogP) is 2.17. The van der Waals surface area contributed by atoms with Crippen LogP contribution in [0.15, 0.2) is 0 Å². The van der Waals surface area contributed by atoms with Gasteiger partial charge in [0.1, 0.15) is 26.3 Å². The van der Waals surface area contributed by atoms with Crippen molar-refractivity contribution in [3.05, 3.63) is 16.3 Å². The van der Waals surface area contributed by atoms with Crippen molar-refractivity contribution in [3.8, 4) is 0 Å². The lowest BCUT2D eigenvalue weighted by Gasteiger charge is -2.03. The molecule has 5 nitrogen and oxygen atoms in total. The van der Waals surface area contributed by atoms with E-state index < -0.39 is 9.84 Å². The summed E-state index contributed by atoms with van der Waals surface area (Å²) < 4.78 is 22.1. The molecule has 0 bridgehead atoms. The molecule has 2 aromatic rings. The van der Waals surface area contributed by atoms with E-state index in [0.29, 0.717) is 23.1 Å². The number of thioether (sulfide) groups is 1. The van der Waals surface area contributed by atoms with Gasteiger partial charge >= 0.3 is 0 Å². The fourth-order valence-electron chi connectivity index (χ4n) is 1.76. The van der Waals surface area contributed by atoms with Gasteiger partial charge in [0.15, 0.2) is 0 Å². The Balaban J connectivity index is 2.12. The van der Waals surface area contributed by atoms with Gasteiger partial charge in [-0.05, 0) is 19.4 Å². The molecule has 0 aliphatic carbocycles. The maximum absolute atomic E-state index is 11.0. The molecule has 2 heterocycles. The molecule has 8 heteroatoms. The van der Waals surface area contributed by atoms with Crippen molar-refractivity contribution in [3.63, 3.8) is 0 Å². The zero-order valence-corrected chi connectivity index (χ0v) is 14.1. The number of hydrogen-bond acceptors (Lipinski definition) is 7. The van der Waals surface area contributed by atoms with Gasteiger partial charge in [0.25, 0.3) is 0 Å². The fourth-order valence-corrected chi connectivity index (χ4v) is 4.96. The molecule has 0 saturated heterocycles. The summed E-state index contributed by atoms with van der Waals surface area (Å²) in [6.07, 6.45) is 1.24. The minimum atomic E-state index is -2.91. The first-order valence-electron chi connectivity index (χ1n) is 6.05. The van der Waals surface area contributed by atoms with Gasteiger partial charge in [0, 0.05) is 16.9 Å². The van der Waals surface area contributed by atoms with Crippen LogP contribution in [0.2, 0.25) is 0 Å². The molecule has 0 fully saturated rings. The number of nitrogen functional groups attached to an aromatic ring is 1. The van der Waals surface area contributed by atoms with Crippen LogP contribution in [0.3, 0.4) is 0 Å². The highest BCUT2D eigenvalue weighted by molar-refractivity contribution is 7.99. The number of aromatic nitrogens is 2. The average molecular weight is 331 g/mol. The minimum absolute atomic E-state index is 0.173. The van der Waals surface area contributed by atoms with Crippen molar-refractivity contribution in [1.29, 1.82) is 0 Å². The Labute approximate surface area is 126 Å². The van der Waals surface area contributed by atoms with Crippen LogP contribution in [0.4, 0.5) is 5.82 Å². The Morgan fingerprint density at radius 1 is 1.30 bits per heavy atom. The molecule has 0 unspecified atom stereocenters. The molecule has 0 spiro atoms. The van der Waals surface area contributed by atoms with Crippen LogP contribution < -0.4 is 5.73 Å². The minimum Gasteiger partial charge on any atom is -0.383 e. The molecule has 0 aliphatic rings. The largest absolute Gasteiger partial charge is 0.383 e. The summed E-state index contributed by atoms with van der Waals surface area (Å²) in [6, 6.07) is 0. The van der Waals surface area contributed by atoms with E-state index in [2.05, 4.69) is 9.97 Å². The quantitative estimate of drug-likeness (QED) is 0.845. The lowest BCUT2D eigenvalue weighted by molar-refractivity contribution is 0.603. The van der Waals surface area contributed by atoms with Crippen molar-refractivity contribution in [2.45, 2.75) is 19.6 Å². The number of hydrogen-bond donors (Lipinski definition) is 1. The van der Waals surface area contributed by atoms with Crippen LogP contribution >= 0.6 is 23.1 Å². The van der Waals surface area contributed by atoms with E-state index in [0.717, 1.165) is 15.8 Å². The van der Waals surface area contributed by atoms with E-state index in [9.17, 15) is 8.42 Å². The normalized spacial score (nSPS) is 12.2. The van der Waals surface area contributed by atoms with Crippen LogP contribution in [0.5, 0.6) is 0 Å². The van der Waals surface area contributed by atoms with Gasteiger partial charge in [-0.25, -0.2) is 18.4 Å². The molecule has 2 N–H and O–H groups in total. The molecule has 110 valence electrons. The Morgan fingerprint density at radius 3 is 2.65 bits per heavy atom. The summed E-state index contributed by atoms with van der Waals surface area (Å²) in [5.41, 5.74) is 7.13. The molecule has 0 radical (unpaired) electrons. The van der Waals surface area contributed by atoms with E-state index >= 15 is 0 Å². The van der Waals surface area contributed by atoms with E-state index in [-0.39, 0.29) is 5.75 Å². The number of rotatable bonds is 5. The Hall–Kier alpha value is -0.860. The van der Waals surface area contributed by atoms with Crippen molar-refractivity contribution in [2.24, 2.45) is 0 Å². The van der Waals surface area contributed by atoms with Crippen molar-refractivity contribution >= 4 is 49.0 Å². The number of nitrogens with two attached hydrogens (primary N) is 1. The van der Waals surface area contributed by atoms with Gasteiger partial charge in [0.2, 0.25) is 0 Å². The van der Waals surface area contributed by atoms with E-state index in [1.54, 1.807) is 11.3 Å². The highest BCUT2D eigenvalue weighted by Crippen LogP contribution is 2.32. The monoisotopic (exact) mass is 331 g/mol. The number of sulfone groups is 1. The molecule has 2 aromatic heterocycles. The third-order valence-electron chi connectivity index (χ3n) is 2.93. The van der Waals surface area contributed by atoms with Crippen LogP contribution in [-0.2, 0) is 15.6 Å². The number of nitrogens with zero attached hydrogens (tertiary/aromatic N) is 2. The van der Waals surface area contributed by atoms with Crippen LogP contribution in [0.25, 0.3) is 10.2 Å². The first-order chi connectivity index (χ1) is 9.28. The third-order valence-corrected chi connectivity index (χ3v) is 6.19. The molecule has 0 aliphatic heterocycles. The maximum Gasteiger partial charge on any atom is 0.148 e. The third kappa shape index (κ3) is 3.62. The van der Waals surface area contributed by atoms with Gasteiger partial charge < -0.3 is 5.73 Å². The second-order valence-corrected chi connectivity index (χ2v) is 9.24. The van der Waals surface area contributed by atoms with Crippen LogP contribution in [0, 0.1) is 13.8 Å². The van der Waals surface area contributed by atoms with E-state index in [1.165, 1.54) is 22.9 Å². The Kier molecular flexibility index (Phi) is 4.55. The van der Waals surface area contributed by atoms with Gasteiger partial charge in [-0.15, -0.1) is 11.3 Å². The second kappa shape index (κ2) is 5.87. The van der Waals surface area contributed by atoms with Gasteiger partial charge in [-0.2, -0.15) is 11.8 Å². The lowest BCUT2D eigenvalue weighted by Crippen LogP contribution is -2.06. The highest BCUT2D eigenvalue weighted by atomic mass is 32.2. The fraction of sp³-hybridized carbons (Fsp3) is 0.500. The SMILES string of the molecule is Cc1sc2nc(CSCCS(C)(=O)=O)nc(N)c2c1C. The molecular formula is C12H17N3O2S3. The molecule has 2 rings (SSSR count). The zero-order valence-electron chi connectivity index (χ0n) is 11.6. The lowest BCUT2D eigenvalue weighted by atomic mass is 10.2. The van der Waals surface area contributed by atoms with Crippen molar-refractivity contribution < 1.29 is 8.42 Å². The summed E-state index contributed by atoms with van der Waals surface area (Å²) in [6.45, 7) is 4.07. The Bertz CT molecular complexity index is 738. The van der Waals surface area contributed by atoms with Gasteiger partial charge in [-0.3, -0.25) is 0 Å². The van der Waals surface area contributed by atoms with Crippen molar-refractivity contribution in [1.82, 2.24) is 9.97 Å². The van der Waals surface area contributed by atoms with Crippen molar-refractivity contribution in [2.75, 3.05) is 23.5 Å². The van der Waals surface area contributed by atoms with Gasteiger partial charge in [-0.1, -0.05) is 0 Å². The second-order valence-electron chi connectivity index (χ2n) is 4.67. The maximum atomic E-state index is 11.0. The van der Waals surface area contributed by atoms with E-state index in [1.807, 2.05) is 13.8 Å². The molecule has 20 heavy (non-hydrogen) atoms. The molecule has 0 aromatic carbocycles. The number of anilines is 1. The van der Waals surface area contributed by atoms with Crippen LogP contribution in [-0.4, -0.2) is 36.1 Å². The molecular weight excluding hydrogens is 314 g/mol. The first kappa shape index (κ1) is 15.5. The summed E-state index contributed by atoms with van der Waals surface area (Å²) in [7, 11) is -2.91. The highest BCUT2D eigenvalue weighted by Gasteiger charge is 2.12. The summed E-state index contributed by atoms with van der Waals surface area (Å²) in [5, 5.41) is 0.942. The topological polar surface area (TPSA) is 85.9 Å². The summed E-state index contributed by atoms with van der Waals surface area (Å²) in [5.74, 6) is 2.46. The number of thiophene rings is 1. The van der Waals surface area contributed by atoms with Crippen LogP contribution in [0.1, 0.15) is 16.3 Å². The predicted molar refractivity (Wildman–Crippen MR) is 87.2 cm³/mol. The molecule has 0 atom stereocenters. The number of aryl methyl sites for hydroxylation is 2. The van der Waals surface area contributed by atoms with Gasteiger partial charge in [0.05, 0.1) is 16.9 Å². The molecule has 0 saturated carbocycles. The zero-order chi connectivity index (χ0) is 14.9. The smallest absolute Gasteiger partial charge is 0.148 e. The first-order valence-corrected chi connectivity index (χ1v) is 10.1. The van der Waals surface area contributed by atoms with E-state index in [4.69, 9.17) is 5.73 Å². The molecule has 0 amide bonds. The summed E-state index contributed by atoms with van der Waals surface area (Å²) in [4.78, 5) is 10.9. The average Bonchev–Trinajstić information content (AvgIpc) is 2.60. The number of fused-ring (bicyclic) bond motifs is 1. The summed E-state index contributed by atoms with van der Waals surface area (Å²) >= 11 is 3.12. The Morgan fingerprint density at radius 2 is 2.00 bits per heavy atom.